The minimum Gasteiger partial charge on any atom is -0.504 e. The van der Waals surface area contributed by atoms with Gasteiger partial charge < -0.3 is 14.5 Å². The number of hydrogen-bond donors (Lipinski definition) is 1. The fourth-order valence-electron chi connectivity index (χ4n) is 5.20. The van der Waals surface area contributed by atoms with Crippen LogP contribution in [0.2, 0.25) is 0 Å². The Labute approximate surface area is 171 Å². The van der Waals surface area contributed by atoms with Crippen molar-refractivity contribution >= 4 is 17.1 Å². The van der Waals surface area contributed by atoms with Crippen molar-refractivity contribution in [2.45, 2.75) is 39.2 Å². The zero-order chi connectivity index (χ0) is 21.0. The molecular weight excluding hydrogens is 368 g/mol. The minimum atomic E-state index is 0.250. The Kier molecular flexibility index (Phi) is 6.78. The summed E-state index contributed by atoms with van der Waals surface area (Å²) in [5, 5.41) is 1.28. The van der Waals surface area contributed by atoms with Gasteiger partial charge in [-0.15, -0.1) is 0 Å². The molecule has 0 saturated carbocycles. The molecule has 0 aliphatic carbocycles. The van der Waals surface area contributed by atoms with Crippen LogP contribution in [0.5, 0.6) is 5.75 Å². The minimum absolute atomic E-state index is 0.250. The van der Waals surface area contributed by atoms with E-state index in [1.54, 1.807) is 14.2 Å². The van der Waals surface area contributed by atoms with Gasteiger partial charge in [0.1, 0.15) is 5.75 Å². The highest BCUT2D eigenvalue weighted by atomic mass is 16.5. The Morgan fingerprint density at radius 1 is 1.34 bits per heavy atom. The second-order valence-corrected chi connectivity index (χ2v) is 7.85. The Bertz CT molecular complexity index is 911. The van der Waals surface area contributed by atoms with Gasteiger partial charge in [-0.1, -0.05) is 19.4 Å². The molecule has 0 bridgehead atoms. The molecule has 1 N–H and O–H groups in total. The summed E-state index contributed by atoms with van der Waals surface area (Å²) in [6, 6.07) is 6.78. The molecule has 3 atom stereocenters. The van der Waals surface area contributed by atoms with Gasteiger partial charge in [-0.25, -0.2) is 0 Å². The van der Waals surface area contributed by atoms with Crippen LogP contribution in [0, 0.1) is 11.8 Å². The van der Waals surface area contributed by atoms with Crippen LogP contribution >= 0.6 is 0 Å². The molecular formula is C23H30N2O4. The Morgan fingerprint density at radius 3 is 2.76 bits per heavy atom. The number of piperidine rings is 1. The molecule has 1 saturated heterocycles. The van der Waals surface area contributed by atoms with Crippen LogP contribution in [0.25, 0.3) is 10.9 Å². The number of aromatic nitrogens is 1. The van der Waals surface area contributed by atoms with Gasteiger partial charge in [0.2, 0.25) is 0 Å². The van der Waals surface area contributed by atoms with E-state index in [0.717, 1.165) is 25.1 Å². The highest BCUT2D eigenvalue weighted by Crippen LogP contribution is 2.46. The summed E-state index contributed by atoms with van der Waals surface area (Å²) in [6.45, 7) is 6.86. The standard InChI is InChI=1S/C22H30N2O2.CO2/c1-5-15-12-24-10-9-16-21-18(7-6-8-20(21)26-4)23-22(16)19(24)11-17(15)14(2)13-25-3;2-1-3/h6-8,13,15,17,19,23H,5,9-12H2,1-4H3;/b14-13-;/t15-,17-,19+;/m1./s1. The van der Waals surface area contributed by atoms with Crippen LogP contribution in [0.1, 0.15) is 44.0 Å². The van der Waals surface area contributed by atoms with E-state index >= 15 is 0 Å². The third-order valence-corrected chi connectivity index (χ3v) is 6.49. The number of ether oxygens (including phenoxy) is 2. The number of benzene rings is 1. The SMILES string of the molecule is CC[C@@H]1CN2CCc3c([nH]c4cccc(OC)c34)[C@@H]2C[C@@H]1/C(C)=C\OC.O=C=O. The van der Waals surface area contributed by atoms with Gasteiger partial charge in [0.05, 0.1) is 26.5 Å². The fraction of sp³-hybridized carbons (Fsp3) is 0.522. The number of nitrogens with zero attached hydrogens (tertiary/aromatic N) is 1. The van der Waals surface area contributed by atoms with Gasteiger partial charge in [0.15, 0.2) is 0 Å². The first-order chi connectivity index (χ1) is 14.1. The van der Waals surface area contributed by atoms with Crippen LogP contribution in [0.4, 0.5) is 0 Å². The van der Waals surface area contributed by atoms with Crippen LogP contribution in [-0.2, 0) is 20.7 Å². The van der Waals surface area contributed by atoms with E-state index in [4.69, 9.17) is 19.1 Å². The summed E-state index contributed by atoms with van der Waals surface area (Å²) >= 11 is 0. The van der Waals surface area contributed by atoms with Crippen LogP contribution in [-0.4, -0.2) is 43.3 Å². The van der Waals surface area contributed by atoms with E-state index in [1.165, 1.54) is 40.7 Å². The number of rotatable bonds is 4. The van der Waals surface area contributed by atoms with Crippen molar-refractivity contribution in [2.24, 2.45) is 11.8 Å². The normalized spacial score (nSPS) is 24.0. The van der Waals surface area contributed by atoms with Crippen molar-refractivity contribution in [2.75, 3.05) is 27.3 Å². The third kappa shape index (κ3) is 3.96. The van der Waals surface area contributed by atoms with E-state index in [2.05, 4.69) is 41.9 Å². The molecule has 3 heterocycles. The summed E-state index contributed by atoms with van der Waals surface area (Å²) in [6.07, 6.45) is 5.67. The fourth-order valence-corrected chi connectivity index (χ4v) is 5.20. The highest BCUT2D eigenvalue weighted by molar-refractivity contribution is 5.91. The second kappa shape index (κ2) is 9.29. The molecule has 2 aliphatic heterocycles. The maximum absolute atomic E-state index is 8.12. The molecule has 2 aromatic rings. The lowest BCUT2D eigenvalue weighted by molar-refractivity contribution is -0.191. The molecule has 1 aromatic heterocycles. The summed E-state index contributed by atoms with van der Waals surface area (Å²) in [7, 11) is 3.52. The van der Waals surface area contributed by atoms with Crippen molar-refractivity contribution in [3.8, 4) is 5.75 Å². The van der Waals surface area contributed by atoms with Crippen LogP contribution in [0.3, 0.4) is 0 Å². The number of aromatic amines is 1. The number of hydrogen-bond acceptors (Lipinski definition) is 5. The van der Waals surface area contributed by atoms with Gasteiger partial charge in [-0.3, -0.25) is 4.90 Å². The summed E-state index contributed by atoms with van der Waals surface area (Å²) in [5.41, 5.74) is 5.44. The van der Waals surface area contributed by atoms with Gasteiger partial charge in [0.25, 0.3) is 0 Å². The van der Waals surface area contributed by atoms with Gasteiger partial charge in [-0.2, -0.15) is 9.59 Å². The average Bonchev–Trinajstić information content (AvgIpc) is 3.12. The van der Waals surface area contributed by atoms with E-state index in [0.29, 0.717) is 17.9 Å². The zero-order valence-electron chi connectivity index (χ0n) is 17.7. The third-order valence-electron chi connectivity index (χ3n) is 6.49. The Hall–Kier alpha value is -2.56. The first-order valence-electron chi connectivity index (χ1n) is 10.2. The van der Waals surface area contributed by atoms with E-state index in [1.807, 2.05) is 6.26 Å². The van der Waals surface area contributed by atoms with Crippen molar-refractivity contribution < 1.29 is 19.1 Å². The molecule has 1 fully saturated rings. The maximum Gasteiger partial charge on any atom is 0.373 e. The van der Waals surface area contributed by atoms with Gasteiger partial charge in [0, 0.05) is 29.7 Å². The van der Waals surface area contributed by atoms with E-state index < -0.39 is 0 Å². The molecule has 6 nitrogen and oxygen atoms in total. The van der Waals surface area contributed by atoms with Crippen molar-refractivity contribution in [3.05, 3.63) is 41.3 Å². The predicted octanol–water partition coefficient (Wildman–Crippen LogP) is 4.09. The number of allylic oxidation sites excluding steroid dienone is 1. The van der Waals surface area contributed by atoms with E-state index in [9.17, 15) is 0 Å². The molecule has 0 unspecified atom stereocenters. The topological polar surface area (TPSA) is 71.6 Å². The predicted molar refractivity (Wildman–Crippen MR) is 111 cm³/mol. The highest BCUT2D eigenvalue weighted by Gasteiger charge is 2.40. The quantitative estimate of drug-likeness (QED) is 0.786. The van der Waals surface area contributed by atoms with Gasteiger partial charge in [-0.05, 0) is 54.9 Å². The van der Waals surface area contributed by atoms with Crippen LogP contribution < -0.4 is 4.74 Å². The number of fused-ring (bicyclic) bond motifs is 5. The molecule has 29 heavy (non-hydrogen) atoms. The second-order valence-electron chi connectivity index (χ2n) is 7.85. The van der Waals surface area contributed by atoms with Crippen molar-refractivity contribution in [3.63, 3.8) is 0 Å². The molecule has 1 aromatic carbocycles. The van der Waals surface area contributed by atoms with Crippen molar-refractivity contribution in [1.82, 2.24) is 9.88 Å². The lowest BCUT2D eigenvalue weighted by Gasteiger charge is -2.46. The first kappa shape index (κ1) is 21.2. The average molecular weight is 399 g/mol. The first-order valence-corrected chi connectivity index (χ1v) is 10.2. The molecule has 0 spiro atoms. The van der Waals surface area contributed by atoms with Crippen LogP contribution in [0.15, 0.2) is 30.0 Å². The van der Waals surface area contributed by atoms with Crippen molar-refractivity contribution in [1.29, 1.82) is 0 Å². The van der Waals surface area contributed by atoms with Gasteiger partial charge >= 0.3 is 6.15 Å². The molecule has 0 radical (unpaired) electrons. The number of carbonyl (C=O) groups excluding carboxylic acids is 2. The smallest absolute Gasteiger partial charge is 0.373 e. The lowest BCUT2D eigenvalue weighted by Crippen LogP contribution is -2.46. The zero-order valence-corrected chi connectivity index (χ0v) is 17.7. The largest absolute Gasteiger partial charge is 0.504 e. The molecule has 2 aliphatic rings. The summed E-state index contributed by atoms with van der Waals surface area (Å²) in [4.78, 5) is 22.7. The van der Waals surface area contributed by atoms with E-state index in [-0.39, 0.29) is 6.15 Å². The molecule has 4 rings (SSSR count). The number of methoxy groups -OCH3 is 2. The molecule has 156 valence electrons. The molecule has 6 heteroatoms. The maximum atomic E-state index is 8.12. The number of nitrogens with one attached hydrogen (secondary N) is 1. The monoisotopic (exact) mass is 398 g/mol. The summed E-state index contributed by atoms with van der Waals surface area (Å²) < 4.78 is 11.0. The number of H-pyrrole nitrogens is 1. The lowest BCUT2D eigenvalue weighted by atomic mass is 9.74. The summed E-state index contributed by atoms with van der Waals surface area (Å²) in [5.74, 6) is 2.28. The molecule has 0 amide bonds. The Balaban J connectivity index is 0.000000755. The Morgan fingerprint density at radius 2 is 2.10 bits per heavy atom.